The zero-order valence-corrected chi connectivity index (χ0v) is 12.9. The minimum atomic E-state index is -3.14. The SMILES string of the molecule is CCc1ccc(CNS(=O)(=O)CCCNC2CC2)s1. The van der Waals surface area contributed by atoms with E-state index < -0.39 is 10.0 Å². The Morgan fingerprint density at radius 1 is 1.32 bits per heavy atom. The van der Waals surface area contributed by atoms with Gasteiger partial charge in [0.25, 0.3) is 0 Å². The van der Waals surface area contributed by atoms with Crippen molar-refractivity contribution in [1.82, 2.24) is 10.0 Å². The third-order valence-corrected chi connectivity index (χ3v) is 5.77. The standard InChI is InChI=1S/C13H22N2O2S2/c1-2-12-6-7-13(18-12)10-15-19(16,17)9-3-8-14-11-4-5-11/h6-7,11,14-15H,2-5,8-10H2,1H3. The molecule has 6 heteroatoms. The summed E-state index contributed by atoms with van der Waals surface area (Å²) in [4.78, 5) is 2.37. The first-order valence-electron chi connectivity index (χ1n) is 6.87. The average molecular weight is 302 g/mol. The summed E-state index contributed by atoms with van der Waals surface area (Å²) in [6, 6.07) is 4.71. The zero-order valence-electron chi connectivity index (χ0n) is 11.3. The van der Waals surface area contributed by atoms with E-state index in [1.54, 1.807) is 11.3 Å². The predicted molar refractivity (Wildman–Crippen MR) is 80.0 cm³/mol. The van der Waals surface area contributed by atoms with Crippen LogP contribution in [0.3, 0.4) is 0 Å². The zero-order chi connectivity index (χ0) is 13.7. The molecule has 0 unspecified atom stereocenters. The Morgan fingerprint density at radius 2 is 2.05 bits per heavy atom. The molecule has 19 heavy (non-hydrogen) atoms. The average Bonchev–Trinajstić information content (AvgIpc) is 3.09. The first-order valence-corrected chi connectivity index (χ1v) is 9.34. The Hall–Kier alpha value is -0.430. The fraction of sp³-hybridized carbons (Fsp3) is 0.692. The van der Waals surface area contributed by atoms with E-state index in [1.807, 2.05) is 6.07 Å². The molecule has 0 amide bonds. The summed E-state index contributed by atoms with van der Waals surface area (Å²) in [5.74, 6) is 0.207. The number of thiophene rings is 1. The molecule has 2 N–H and O–H groups in total. The molecule has 2 rings (SSSR count). The van der Waals surface area contributed by atoms with Crippen molar-refractivity contribution in [1.29, 1.82) is 0 Å². The molecule has 1 aromatic heterocycles. The van der Waals surface area contributed by atoms with Gasteiger partial charge >= 0.3 is 0 Å². The number of hydrogen-bond donors (Lipinski definition) is 2. The molecular formula is C13H22N2O2S2. The molecule has 0 aliphatic heterocycles. The quantitative estimate of drug-likeness (QED) is 0.685. The minimum absolute atomic E-state index is 0.207. The summed E-state index contributed by atoms with van der Waals surface area (Å²) in [5, 5.41) is 3.32. The minimum Gasteiger partial charge on any atom is -0.314 e. The van der Waals surface area contributed by atoms with Gasteiger partial charge in [0.15, 0.2) is 0 Å². The van der Waals surface area contributed by atoms with Crippen molar-refractivity contribution in [3.05, 3.63) is 21.9 Å². The van der Waals surface area contributed by atoms with Crippen molar-refractivity contribution in [3.8, 4) is 0 Å². The highest BCUT2D eigenvalue weighted by molar-refractivity contribution is 7.89. The van der Waals surface area contributed by atoms with Crippen molar-refractivity contribution in [2.75, 3.05) is 12.3 Å². The second-order valence-electron chi connectivity index (χ2n) is 4.94. The van der Waals surface area contributed by atoms with Crippen LogP contribution in [0, 0.1) is 0 Å². The van der Waals surface area contributed by atoms with E-state index in [0.717, 1.165) is 17.8 Å². The van der Waals surface area contributed by atoms with Crippen LogP contribution in [0.4, 0.5) is 0 Å². The van der Waals surface area contributed by atoms with E-state index >= 15 is 0 Å². The lowest BCUT2D eigenvalue weighted by Crippen LogP contribution is -2.28. The van der Waals surface area contributed by atoms with E-state index in [2.05, 4.69) is 23.0 Å². The van der Waals surface area contributed by atoms with Crippen LogP contribution in [0.1, 0.15) is 35.9 Å². The van der Waals surface area contributed by atoms with Gasteiger partial charge in [-0.1, -0.05) is 6.92 Å². The molecule has 4 nitrogen and oxygen atoms in total. The van der Waals surface area contributed by atoms with E-state index in [9.17, 15) is 8.42 Å². The molecular weight excluding hydrogens is 280 g/mol. The maximum Gasteiger partial charge on any atom is 0.211 e. The van der Waals surface area contributed by atoms with Gasteiger partial charge in [-0.25, -0.2) is 13.1 Å². The molecule has 1 heterocycles. The van der Waals surface area contributed by atoms with Crippen LogP contribution in [0.15, 0.2) is 12.1 Å². The summed E-state index contributed by atoms with van der Waals surface area (Å²) < 4.78 is 26.3. The van der Waals surface area contributed by atoms with Gasteiger partial charge in [-0.2, -0.15) is 0 Å². The molecule has 0 aromatic carbocycles. The van der Waals surface area contributed by atoms with E-state index in [0.29, 0.717) is 19.0 Å². The molecule has 0 spiro atoms. The number of sulfonamides is 1. The lowest BCUT2D eigenvalue weighted by atomic mass is 10.4. The van der Waals surface area contributed by atoms with Crippen molar-refractivity contribution >= 4 is 21.4 Å². The van der Waals surface area contributed by atoms with Crippen LogP contribution in [0.5, 0.6) is 0 Å². The van der Waals surface area contributed by atoms with E-state index in [-0.39, 0.29) is 5.75 Å². The first kappa shape index (κ1) is 15.0. The van der Waals surface area contributed by atoms with Gasteiger partial charge in [0.2, 0.25) is 10.0 Å². The monoisotopic (exact) mass is 302 g/mol. The van der Waals surface area contributed by atoms with Crippen LogP contribution in [-0.4, -0.2) is 26.8 Å². The molecule has 1 fully saturated rings. The van der Waals surface area contributed by atoms with Gasteiger partial charge in [0.05, 0.1) is 5.75 Å². The van der Waals surface area contributed by atoms with E-state index in [1.165, 1.54) is 17.7 Å². The lowest BCUT2D eigenvalue weighted by molar-refractivity contribution is 0.574. The molecule has 108 valence electrons. The smallest absolute Gasteiger partial charge is 0.211 e. The van der Waals surface area contributed by atoms with Crippen LogP contribution in [0.25, 0.3) is 0 Å². The Labute approximate surface area is 119 Å². The van der Waals surface area contributed by atoms with Gasteiger partial charge in [-0.05, 0) is 44.4 Å². The van der Waals surface area contributed by atoms with Crippen molar-refractivity contribution in [3.63, 3.8) is 0 Å². The lowest BCUT2D eigenvalue weighted by Gasteiger charge is -2.06. The second kappa shape index (κ2) is 6.83. The highest BCUT2D eigenvalue weighted by atomic mass is 32.2. The Morgan fingerprint density at radius 3 is 2.68 bits per heavy atom. The van der Waals surface area contributed by atoms with Crippen molar-refractivity contribution < 1.29 is 8.42 Å². The predicted octanol–water partition coefficient (Wildman–Crippen LogP) is 1.87. The Balaban J connectivity index is 1.67. The third kappa shape index (κ3) is 5.60. The molecule has 0 bridgehead atoms. The molecule has 1 aliphatic carbocycles. The topological polar surface area (TPSA) is 58.2 Å². The van der Waals surface area contributed by atoms with Crippen molar-refractivity contribution in [2.24, 2.45) is 0 Å². The Kier molecular flexibility index (Phi) is 5.38. The summed E-state index contributed by atoms with van der Waals surface area (Å²) in [5.41, 5.74) is 0. The largest absolute Gasteiger partial charge is 0.314 e. The molecule has 1 aliphatic rings. The number of nitrogens with one attached hydrogen (secondary N) is 2. The van der Waals surface area contributed by atoms with Crippen LogP contribution in [-0.2, 0) is 23.0 Å². The van der Waals surface area contributed by atoms with Crippen LogP contribution >= 0.6 is 11.3 Å². The highest BCUT2D eigenvalue weighted by Gasteiger charge is 2.20. The molecule has 0 atom stereocenters. The number of rotatable bonds is 9. The maximum atomic E-state index is 11.8. The first-order chi connectivity index (χ1) is 9.09. The normalized spacial score (nSPS) is 15.8. The van der Waals surface area contributed by atoms with Gasteiger partial charge in [0, 0.05) is 22.3 Å². The fourth-order valence-corrected chi connectivity index (χ4v) is 3.85. The van der Waals surface area contributed by atoms with Gasteiger partial charge < -0.3 is 5.32 Å². The van der Waals surface area contributed by atoms with Gasteiger partial charge in [0.1, 0.15) is 0 Å². The third-order valence-electron chi connectivity index (χ3n) is 3.13. The molecule has 1 saturated carbocycles. The summed E-state index contributed by atoms with van der Waals surface area (Å²) in [7, 11) is -3.14. The fourth-order valence-electron chi connectivity index (χ4n) is 1.82. The van der Waals surface area contributed by atoms with Crippen LogP contribution in [0.2, 0.25) is 0 Å². The molecule has 0 saturated heterocycles. The highest BCUT2D eigenvalue weighted by Crippen LogP contribution is 2.18. The number of hydrogen-bond acceptors (Lipinski definition) is 4. The van der Waals surface area contributed by atoms with Gasteiger partial charge in [-0.3, -0.25) is 0 Å². The van der Waals surface area contributed by atoms with Gasteiger partial charge in [-0.15, -0.1) is 11.3 Å². The Bertz CT molecular complexity index is 492. The summed E-state index contributed by atoms with van der Waals surface area (Å²) in [6.07, 6.45) is 4.16. The number of aryl methyl sites for hydroxylation is 1. The molecule has 0 radical (unpaired) electrons. The van der Waals surface area contributed by atoms with Crippen molar-refractivity contribution in [2.45, 2.75) is 45.2 Å². The second-order valence-corrected chi connectivity index (χ2v) is 8.12. The molecule has 1 aromatic rings. The van der Waals surface area contributed by atoms with Crippen LogP contribution < -0.4 is 10.0 Å². The summed E-state index contributed by atoms with van der Waals surface area (Å²) in [6.45, 7) is 3.32. The summed E-state index contributed by atoms with van der Waals surface area (Å²) >= 11 is 1.67. The van der Waals surface area contributed by atoms with E-state index in [4.69, 9.17) is 0 Å². The maximum absolute atomic E-state index is 11.8.